The highest BCUT2D eigenvalue weighted by Gasteiger charge is 2.19. The molecule has 0 fully saturated rings. The first-order chi connectivity index (χ1) is 12.5. The molecule has 0 aromatic heterocycles. The number of carbonyl (C=O) groups is 3. The van der Waals surface area contributed by atoms with Gasteiger partial charge in [0.05, 0.1) is 6.61 Å². The molecule has 4 nitrogen and oxygen atoms in total. The van der Waals surface area contributed by atoms with Crippen molar-refractivity contribution in [1.29, 1.82) is 0 Å². The van der Waals surface area contributed by atoms with Crippen LogP contribution in [-0.2, 0) is 25.5 Å². The fourth-order valence-corrected chi connectivity index (χ4v) is 3.22. The van der Waals surface area contributed by atoms with Gasteiger partial charge in [-0.15, -0.1) is 0 Å². The molecule has 0 unspecified atom stereocenters. The second-order valence-corrected chi connectivity index (χ2v) is 6.81. The van der Waals surface area contributed by atoms with E-state index in [1.807, 2.05) is 0 Å². The molecule has 0 atom stereocenters. The number of halogens is 2. The fraction of sp³-hybridized carbons (Fsp3) is 0.350. The lowest BCUT2D eigenvalue weighted by Gasteiger charge is -2.16. The number of aldehydes is 1. The number of ketones is 1. The highest BCUT2D eigenvalue weighted by molar-refractivity contribution is 6.43. The van der Waals surface area contributed by atoms with Crippen molar-refractivity contribution in [1.82, 2.24) is 0 Å². The van der Waals surface area contributed by atoms with Gasteiger partial charge in [0.1, 0.15) is 11.3 Å². The third-order valence-corrected chi connectivity index (χ3v) is 4.77. The van der Waals surface area contributed by atoms with Gasteiger partial charge in [0.25, 0.3) is 0 Å². The van der Waals surface area contributed by atoms with Crippen molar-refractivity contribution >= 4 is 47.3 Å². The van der Waals surface area contributed by atoms with Crippen molar-refractivity contribution in [2.75, 3.05) is 6.61 Å². The number of esters is 1. The Bertz CT molecular complexity index is 778. The van der Waals surface area contributed by atoms with E-state index >= 15 is 0 Å². The molecule has 26 heavy (non-hydrogen) atoms. The number of hydrogen-bond acceptors (Lipinski definition) is 4. The van der Waals surface area contributed by atoms with E-state index in [0.717, 1.165) is 24.7 Å². The Labute approximate surface area is 162 Å². The van der Waals surface area contributed by atoms with Crippen molar-refractivity contribution in [3.63, 3.8) is 0 Å². The van der Waals surface area contributed by atoms with E-state index < -0.39 is 5.97 Å². The highest BCUT2D eigenvalue weighted by Crippen LogP contribution is 2.27. The van der Waals surface area contributed by atoms with E-state index in [1.54, 1.807) is 25.1 Å². The summed E-state index contributed by atoms with van der Waals surface area (Å²) in [5, 5.41) is 0.324. The summed E-state index contributed by atoms with van der Waals surface area (Å²) < 4.78 is 4.84. The van der Waals surface area contributed by atoms with Crippen LogP contribution in [0.2, 0.25) is 5.02 Å². The standard InChI is InChI=1S/C20H20Cl2O4/c1-2-26-20(25)18(22)11-15-9-13(7-8-17(15)21)10-19(24)16-6-4-3-5-14(16)12-23/h7-9,11-12H,2-6,10H2,1H3/b18-11-. The lowest BCUT2D eigenvalue weighted by atomic mass is 9.88. The molecule has 1 aliphatic rings. The lowest BCUT2D eigenvalue weighted by Crippen LogP contribution is -2.13. The summed E-state index contributed by atoms with van der Waals surface area (Å²) in [6.45, 7) is 1.91. The van der Waals surface area contributed by atoms with Crippen LogP contribution in [0.5, 0.6) is 0 Å². The second-order valence-electron chi connectivity index (χ2n) is 6.00. The van der Waals surface area contributed by atoms with Crippen LogP contribution in [0.4, 0.5) is 0 Å². The van der Waals surface area contributed by atoms with Crippen LogP contribution >= 0.6 is 23.2 Å². The molecular formula is C20H20Cl2O4. The summed E-state index contributed by atoms with van der Waals surface area (Å²) in [4.78, 5) is 35.4. The number of rotatable bonds is 7. The van der Waals surface area contributed by atoms with Crippen molar-refractivity contribution < 1.29 is 19.1 Å². The Kier molecular flexibility index (Phi) is 7.61. The van der Waals surface area contributed by atoms with E-state index in [4.69, 9.17) is 27.9 Å². The number of allylic oxidation sites excluding steroid dienone is 2. The minimum atomic E-state index is -0.630. The van der Waals surface area contributed by atoms with Gasteiger partial charge in [-0.2, -0.15) is 0 Å². The van der Waals surface area contributed by atoms with Crippen LogP contribution in [0, 0.1) is 0 Å². The Hall–Kier alpha value is -1.91. The maximum absolute atomic E-state index is 12.6. The van der Waals surface area contributed by atoms with Crippen LogP contribution in [0.3, 0.4) is 0 Å². The first-order valence-corrected chi connectivity index (χ1v) is 9.25. The first kappa shape index (κ1) is 20.4. The van der Waals surface area contributed by atoms with Gasteiger partial charge in [-0.25, -0.2) is 4.79 Å². The predicted molar refractivity (Wildman–Crippen MR) is 102 cm³/mol. The molecule has 1 aliphatic carbocycles. The molecule has 1 aromatic rings. The van der Waals surface area contributed by atoms with E-state index in [2.05, 4.69) is 0 Å². The number of ether oxygens (including phenoxy) is 1. The summed E-state index contributed by atoms with van der Waals surface area (Å²) in [6, 6.07) is 5.12. The van der Waals surface area contributed by atoms with Gasteiger partial charge in [-0.05, 0) is 67.5 Å². The van der Waals surface area contributed by atoms with Gasteiger partial charge in [-0.1, -0.05) is 29.3 Å². The van der Waals surface area contributed by atoms with Gasteiger partial charge >= 0.3 is 5.97 Å². The SMILES string of the molecule is CCOC(=O)/C(Cl)=C/c1cc(CC(=O)C2=C(C=O)CCCC2)ccc1Cl. The molecule has 0 saturated heterocycles. The van der Waals surface area contributed by atoms with E-state index in [-0.39, 0.29) is 23.8 Å². The Morgan fingerprint density at radius 2 is 1.96 bits per heavy atom. The number of Topliss-reactive ketones (excluding diaryl/α,β-unsaturated/α-hetero) is 1. The molecule has 0 amide bonds. The number of hydrogen-bond donors (Lipinski definition) is 0. The number of benzene rings is 1. The van der Waals surface area contributed by atoms with E-state index in [1.165, 1.54) is 6.08 Å². The highest BCUT2D eigenvalue weighted by atomic mass is 35.5. The first-order valence-electron chi connectivity index (χ1n) is 8.49. The quantitative estimate of drug-likeness (QED) is 0.383. The van der Waals surface area contributed by atoms with Gasteiger partial charge in [0.15, 0.2) is 5.78 Å². The Balaban J connectivity index is 2.23. The minimum Gasteiger partial charge on any atom is -0.462 e. The molecule has 0 aliphatic heterocycles. The van der Waals surface area contributed by atoms with Gasteiger partial charge < -0.3 is 4.74 Å². The topological polar surface area (TPSA) is 60.4 Å². The van der Waals surface area contributed by atoms with Gasteiger partial charge in [0, 0.05) is 17.0 Å². The van der Waals surface area contributed by atoms with Crippen LogP contribution < -0.4 is 0 Å². The Morgan fingerprint density at radius 1 is 1.23 bits per heavy atom. The van der Waals surface area contributed by atoms with Crippen LogP contribution in [0.25, 0.3) is 6.08 Å². The van der Waals surface area contributed by atoms with E-state index in [0.29, 0.717) is 34.6 Å². The number of carbonyl (C=O) groups excluding carboxylic acids is 3. The average Bonchev–Trinajstić information content (AvgIpc) is 2.64. The molecule has 138 valence electrons. The summed E-state index contributed by atoms with van der Waals surface area (Å²) >= 11 is 12.1. The van der Waals surface area contributed by atoms with Crippen molar-refractivity contribution in [3.05, 3.63) is 50.5 Å². The molecule has 2 rings (SSSR count). The zero-order chi connectivity index (χ0) is 19.1. The maximum Gasteiger partial charge on any atom is 0.349 e. The third kappa shape index (κ3) is 5.29. The molecule has 0 saturated carbocycles. The second kappa shape index (κ2) is 9.70. The summed E-state index contributed by atoms with van der Waals surface area (Å²) in [7, 11) is 0. The van der Waals surface area contributed by atoms with Gasteiger partial charge in [0.2, 0.25) is 0 Å². The molecular weight excluding hydrogens is 375 g/mol. The zero-order valence-corrected chi connectivity index (χ0v) is 16.0. The molecule has 0 N–H and O–H groups in total. The minimum absolute atomic E-state index is 0.0551. The largest absolute Gasteiger partial charge is 0.462 e. The van der Waals surface area contributed by atoms with Crippen molar-refractivity contribution in [2.45, 2.75) is 39.0 Å². The summed E-state index contributed by atoms with van der Waals surface area (Å²) in [6.07, 6.45) is 5.54. The molecule has 0 bridgehead atoms. The molecule has 1 aromatic carbocycles. The monoisotopic (exact) mass is 394 g/mol. The maximum atomic E-state index is 12.6. The normalized spacial score (nSPS) is 15.0. The molecule has 0 spiro atoms. The summed E-state index contributed by atoms with van der Waals surface area (Å²) in [5.74, 6) is -0.685. The smallest absolute Gasteiger partial charge is 0.349 e. The average molecular weight is 395 g/mol. The van der Waals surface area contributed by atoms with Crippen LogP contribution in [0.1, 0.15) is 43.7 Å². The van der Waals surface area contributed by atoms with Gasteiger partial charge in [-0.3, -0.25) is 9.59 Å². The molecule has 0 heterocycles. The molecule has 0 radical (unpaired) electrons. The van der Waals surface area contributed by atoms with Crippen LogP contribution in [0.15, 0.2) is 34.4 Å². The van der Waals surface area contributed by atoms with Crippen molar-refractivity contribution in [2.24, 2.45) is 0 Å². The zero-order valence-electron chi connectivity index (χ0n) is 14.5. The Morgan fingerprint density at radius 3 is 2.65 bits per heavy atom. The fourth-order valence-electron chi connectivity index (χ4n) is 2.88. The lowest BCUT2D eigenvalue weighted by molar-refractivity contribution is -0.137. The van der Waals surface area contributed by atoms with Crippen molar-refractivity contribution in [3.8, 4) is 0 Å². The summed E-state index contributed by atoms with van der Waals surface area (Å²) in [5.41, 5.74) is 2.51. The molecule has 6 heteroatoms. The predicted octanol–water partition coefficient (Wildman–Crippen LogP) is 4.66. The third-order valence-electron chi connectivity index (χ3n) is 4.17. The van der Waals surface area contributed by atoms with Crippen LogP contribution in [-0.4, -0.2) is 24.6 Å². The van der Waals surface area contributed by atoms with E-state index in [9.17, 15) is 14.4 Å².